The molecule has 0 heterocycles. The minimum Gasteiger partial charge on any atom is -0.310 e. The Bertz CT molecular complexity index is 1560. The number of benzene rings is 6. The molecular formula is C33H25N. The average molecular weight is 436 g/mol. The van der Waals surface area contributed by atoms with Crippen molar-refractivity contribution in [2.45, 2.75) is 6.92 Å². The Morgan fingerprint density at radius 3 is 1.71 bits per heavy atom. The van der Waals surface area contributed by atoms with Crippen LogP contribution in [0, 0.1) is 6.92 Å². The third-order valence-electron chi connectivity index (χ3n) is 6.54. The summed E-state index contributed by atoms with van der Waals surface area (Å²) in [5.74, 6) is 0. The van der Waals surface area contributed by atoms with E-state index >= 15 is 0 Å². The predicted octanol–water partition coefficient (Wildman–Crippen LogP) is 9.44. The highest BCUT2D eigenvalue weighted by Gasteiger charge is 2.20. The molecule has 0 amide bonds. The number of nitrogens with zero attached hydrogens (tertiary/aromatic N) is 1. The lowest BCUT2D eigenvalue weighted by Gasteiger charge is -2.29. The van der Waals surface area contributed by atoms with Crippen LogP contribution in [0.25, 0.3) is 32.7 Å². The lowest BCUT2D eigenvalue weighted by Crippen LogP contribution is -2.11. The van der Waals surface area contributed by atoms with E-state index in [-0.39, 0.29) is 0 Å². The highest BCUT2D eigenvalue weighted by Crippen LogP contribution is 2.45. The second-order valence-electron chi connectivity index (χ2n) is 8.70. The largest absolute Gasteiger partial charge is 0.310 e. The zero-order valence-electron chi connectivity index (χ0n) is 19.1. The first-order valence-electron chi connectivity index (χ1n) is 11.7. The first-order valence-corrected chi connectivity index (χ1v) is 11.7. The number of aryl methyl sites for hydroxylation is 1. The molecule has 6 aromatic carbocycles. The highest BCUT2D eigenvalue weighted by atomic mass is 15.1. The van der Waals surface area contributed by atoms with Gasteiger partial charge in [0.2, 0.25) is 0 Å². The van der Waals surface area contributed by atoms with Gasteiger partial charge in [-0.2, -0.15) is 0 Å². The van der Waals surface area contributed by atoms with Gasteiger partial charge in [0.15, 0.2) is 0 Å². The van der Waals surface area contributed by atoms with Crippen LogP contribution in [-0.4, -0.2) is 0 Å². The number of anilines is 3. The Kier molecular flexibility index (Phi) is 5.08. The van der Waals surface area contributed by atoms with E-state index in [9.17, 15) is 0 Å². The summed E-state index contributed by atoms with van der Waals surface area (Å²) in [4.78, 5) is 2.38. The summed E-state index contributed by atoms with van der Waals surface area (Å²) in [7, 11) is 0. The van der Waals surface area contributed by atoms with Gasteiger partial charge in [0, 0.05) is 16.9 Å². The molecule has 0 aliphatic heterocycles. The number of hydrogen-bond acceptors (Lipinski definition) is 1. The van der Waals surface area contributed by atoms with E-state index in [4.69, 9.17) is 0 Å². The number of fused-ring (bicyclic) bond motifs is 2. The van der Waals surface area contributed by atoms with E-state index in [0.717, 1.165) is 11.4 Å². The van der Waals surface area contributed by atoms with Gasteiger partial charge in [-0.15, -0.1) is 0 Å². The standard InChI is InChI=1S/C33H25N/c1-24-22-32(34(28-14-4-2-5-15-28)29-16-6-3-7-17-29)33(31-19-11-10-18-30(24)31)27-21-20-25-12-8-9-13-26(25)23-27/h2-23H,1H3. The summed E-state index contributed by atoms with van der Waals surface area (Å²) in [6, 6.07) is 47.8. The maximum absolute atomic E-state index is 2.38. The molecule has 162 valence electrons. The Morgan fingerprint density at radius 1 is 0.471 bits per heavy atom. The first-order chi connectivity index (χ1) is 16.8. The van der Waals surface area contributed by atoms with Gasteiger partial charge >= 0.3 is 0 Å². The minimum atomic E-state index is 1.14. The average Bonchev–Trinajstić information content (AvgIpc) is 2.90. The van der Waals surface area contributed by atoms with Crippen LogP contribution in [0.1, 0.15) is 5.56 Å². The SMILES string of the molecule is Cc1cc(N(c2ccccc2)c2ccccc2)c(-c2ccc3ccccc3c2)c2ccccc12. The van der Waals surface area contributed by atoms with Crippen molar-refractivity contribution in [2.75, 3.05) is 4.90 Å². The van der Waals surface area contributed by atoms with E-state index in [2.05, 4.69) is 145 Å². The Morgan fingerprint density at radius 2 is 1.03 bits per heavy atom. The quantitative estimate of drug-likeness (QED) is 0.266. The van der Waals surface area contributed by atoms with Crippen LogP contribution in [0.5, 0.6) is 0 Å². The maximum Gasteiger partial charge on any atom is 0.0549 e. The Hall–Kier alpha value is -4.36. The zero-order chi connectivity index (χ0) is 22.9. The van der Waals surface area contributed by atoms with Gasteiger partial charge in [-0.1, -0.05) is 97.1 Å². The first kappa shape index (κ1) is 20.3. The highest BCUT2D eigenvalue weighted by molar-refractivity contribution is 6.07. The molecule has 1 nitrogen and oxygen atoms in total. The van der Waals surface area contributed by atoms with Gasteiger partial charge < -0.3 is 4.90 Å². The van der Waals surface area contributed by atoms with Crippen LogP contribution in [0.3, 0.4) is 0 Å². The number of para-hydroxylation sites is 2. The van der Waals surface area contributed by atoms with Gasteiger partial charge in [0.1, 0.15) is 0 Å². The molecule has 0 atom stereocenters. The lowest BCUT2D eigenvalue weighted by molar-refractivity contribution is 1.28. The van der Waals surface area contributed by atoms with Crippen LogP contribution >= 0.6 is 0 Å². The molecule has 1 heteroatoms. The van der Waals surface area contributed by atoms with Gasteiger partial charge in [-0.3, -0.25) is 0 Å². The fourth-order valence-corrected chi connectivity index (χ4v) is 4.94. The van der Waals surface area contributed by atoms with Crippen molar-refractivity contribution in [3.05, 3.63) is 139 Å². The van der Waals surface area contributed by atoms with Gasteiger partial charge in [0.05, 0.1) is 5.69 Å². The summed E-state index contributed by atoms with van der Waals surface area (Å²) >= 11 is 0. The van der Waals surface area contributed by atoms with Gasteiger partial charge in [0.25, 0.3) is 0 Å². The monoisotopic (exact) mass is 435 g/mol. The number of rotatable bonds is 4. The second kappa shape index (κ2) is 8.53. The van der Waals surface area contributed by atoms with Crippen LogP contribution < -0.4 is 4.90 Å². The van der Waals surface area contributed by atoms with Crippen LogP contribution in [0.4, 0.5) is 17.1 Å². The van der Waals surface area contributed by atoms with Crippen LogP contribution in [0.15, 0.2) is 133 Å². The smallest absolute Gasteiger partial charge is 0.0549 e. The van der Waals surface area contributed by atoms with Crippen molar-refractivity contribution in [1.82, 2.24) is 0 Å². The fourth-order valence-electron chi connectivity index (χ4n) is 4.94. The van der Waals surface area contributed by atoms with Crippen molar-refractivity contribution in [3.8, 4) is 11.1 Å². The summed E-state index contributed by atoms with van der Waals surface area (Å²) in [6.45, 7) is 2.21. The molecule has 0 bridgehead atoms. The molecule has 0 saturated heterocycles. The molecule has 0 aliphatic rings. The molecule has 6 rings (SSSR count). The molecule has 0 aliphatic carbocycles. The maximum atomic E-state index is 2.38. The molecule has 0 saturated carbocycles. The van der Waals surface area contributed by atoms with E-state index in [1.54, 1.807) is 0 Å². The second-order valence-corrected chi connectivity index (χ2v) is 8.70. The van der Waals surface area contributed by atoms with E-state index in [0.29, 0.717) is 0 Å². The molecule has 0 fully saturated rings. The Balaban J connectivity index is 1.71. The molecule has 34 heavy (non-hydrogen) atoms. The summed E-state index contributed by atoms with van der Waals surface area (Å²) in [5, 5.41) is 5.06. The fraction of sp³-hybridized carbons (Fsp3) is 0.0303. The van der Waals surface area contributed by atoms with Gasteiger partial charge in [-0.05, 0) is 76.0 Å². The normalized spacial score (nSPS) is 11.1. The van der Waals surface area contributed by atoms with E-state index in [1.807, 2.05) is 0 Å². The summed E-state index contributed by atoms with van der Waals surface area (Å²) in [6.07, 6.45) is 0. The molecule has 0 radical (unpaired) electrons. The summed E-state index contributed by atoms with van der Waals surface area (Å²) < 4.78 is 0. The Labute approximate surface area is 200 Å². The molecular weight excluding hydrogens is 410 g/mol. The minimum absolute atomic E-state index is 1.14. The predicted molar refractivity (Wildman–Crippen MR) is 146 cm³/mol. The number of hydrogen-bond donors (Lipinski definition) is 0. The molecule has 0 N–H and O–H groups in total. The molecule has 0 aromatic heterocycles. The third kappa shape index (κ3) is 3.52. The third-order valence-corrected chi connectivity index (χ3v) is 6.54. The van der Waals surface area contributed by atoms with Crippen molar-refractivity contribution in [2.24, 2.45) is 0 Å². The lowest BCUT2D eigenvalue weighted by atomic mass is 9.91. The van der Waals surface area contributed by atoms with Crippen molar-refractivity contribution in [1.29, 1.82) is 0 Å². The van der Waals surface area contributed by atoms with Crippen molar-refractivity contribution in [3.63, 3.8) is 0 Å². The van der Waals surface area contributed by atoms with Crippen molar-refractivity contribution < 1.29 is 0 Å². The van der Waals surface area contributed by atoms with E-state index in [1.165, 1.54) is 43.9 Å². The zero-order valence-corrected chi connectivity index (χ0v) is 19.1. The van der Waals surface area contributed by atoms with Crippen LogP contribution in [0.2, 0.25) is 0 Å². The van der Waals surface area contributed by atoms with Gasteiger partial charge in [-0.25, -0.2) is 0 Å². The molecule has 6 aromatic rings. The molecule has 0 unspecified atom stereocenters. The molecule has 0 spiro atoms. The topological polar surface area (TPSA) is 3.24 Å². The van der Waals surface area contributed by atoms with E-state index < -0.39 is 0 Å². The van der Waals surface area contributed by atoms with Crippen LogP contribution in [-0.2, 0) is 0 Å². The van der Waals surface area contributed by atoms with Crippen molar-refractivity contribution >= 4 is 38.6 Å². The summed E-state index contributed by atoms with van der Waals surface area (Å²) in [5.41, 5.74) is 7.22.